The summed E-state index contributed by atoms with van der Waals surface area (Å²) in [5, 5.41) is 4.37. The average Bonchev–Trinajstić information content (AvgIpc) is 3.29. The van der Waals surface area contributed by atoms with Crippen molar-refractivity contribution in [3.63, 3.8) is 0 Å². The van der Waals surface area contributed by atoms with Crippen molar-refractivity contribution in [1.29, 1.82) is 0 Å². The fraction of sp³-hybridized carbons (Fsp3) is 0.632. The Balaban J connectivity index is 1.57. The lowest BCUT2D eigenvalue weighted by atomic mass is 10.2. The van der Waals surface area contributed by atoms with Gasteiger partial charge in [0.25, 0.3) is 0 Å². The second-order valence-corrected chi connectivity index (χ2v) is 8.49. The first-order chi connectivity index (χ1) is 13.1. The van der Waals surface area contributed by atoms with Gasteiger partial charge in [0.1, 0.15) is 16.5 Å². The van der Waals surface area contributed by atoms with Crippen LogP contribution in [-0.2, 0) is 16.1 Å². The van der Waals surface area contributed by atoms with Gasteiger partial charge in [-0.05, 0) is 32.3 Å². The van der Waals surface area contributed by atoms with Crippen LogP contribution in [0.2, 0.25) is 0 Å². The molecule has 0 saturated carbocycles. The van der Waals surface area contributed by atoms with Gasteiger partial charge in [0, 0.05) is 31.1 Å². The van der Waals surface area contributed by atoms with Gasteiger partial charge in [0.05, 0.1) is 31.7 Å². The maximum Gasteiger partial charge on any atom is 0.241 e. The number of fused-ring (bicyclic) bond motifs is 1. The third-order valence-electron chi connectivity index (χ3n) is 5.41. The fourth-order valence-electron chi connectivity index (χ4n) is 3.69. The van der Waals surface area contributed by atoms with Crippen LogP contribution in [0.5, 0.6) is 0 Å². The molecule has 1 N–H and O–H groups in total. The number of anilines is 1. The summed E-state index contributed by atoms with van der Waals surface area (Å²) in [4.78, 5) is 28.6. The lowest BCUT2D eigenvalue weighted by Gasteiger charge is -2.25. The third-order valence-corrected chi connectivity index (χ3v) is 6.51. The minimum atomic E-state index is 0.151. The zero-order valence-electron chi connectivity index (χ0n) is 16.1. The van der Waals surface area contributed by atoms with Crippen LogP contribution >= 0.6 is 11.3 Å². The summed E-state index contributed by atoms with van der Waals surface area (Å²) in [7, 11) is 0. The van der Waals surface area contributed by atoms with Gasteiger partial charge in [-0.3, -0.25) is 9.69 Å². The van der Waals surface area contributed by atoms with Gasteiger partial charge in [-0.1, -0.05) is 0 Å². The molecule has 146 valence electrons. The van der Waals surface area contributed by atoms with E-state index < -0.39 is 0 Å². The van der Waals surface area contributed by atoms with E-state index in [9.17, 15) is 4.79 Å². The molecular weight excluding hydrogens is 362 g/mol. The summed E-state index contributed by atoms with van der Waals surface area (Å²) in [6.45, 7) is 10.3. The summed E-state index contributed by atoms with van der Waals surface area (Å²) < 4.78 is 5.43. The summed E-state index contributed by atoms with van der Waals surface area (Å²) in [5.41, 5.74) is 1.20. The molecule has 8 heteroatoms. The van der Waals surface area contributed by atoms with Crippen LogP contribution < -0.4 is 5.32 Å². The molecule has 0 aromatic carbocycles. The summed E-state index contributed by atoms with van der Waals surface area (Å²) in [6.07, 6.45) is 2.21. The van der Waals surface area contributed by atoms with Gasteiger partial charge in [0.15, 0.2) is 0 Å². The predicted molar refractivity (Wildman–Crippen MR) is 107 cm³/mol. The van der Waals surface area contributed by atoms with Crippen LogP contribution in [0.25, 0.3) is 10.2 Å². The van der Waals surface area contributed by atoms with Gasteiger partial charge in [-0.2, -0.15) is 0 Å². The summed E-state index contributed by atoms with van der Waals surface area (Å²) >= 11 is 1.70. The van der Waals surface area contributed by atoms with E-state index >= 15 is 0 Å². The minimum absolute atomic E-state index is 0.151. The molecule has 2 aliphatic rings. The SMILES string of the molecule is Cc1sc2nc(CN3CCOCC3)nc(NCC(=O)N3CCCC3)c2c1C. The second-order valence-electron chi connectivity index (χ2n) is 7.28. The van der Waals surface area contributed by atoms with E-state index in [-0.39, 0.29) is 12.5 Å². The van der Waals surface area contributed by atoms with Crippen LogP contribution in [0.3, 0.4) is 0 Å². The molecule has 2 aromatic rings. The average molecular weight is 390 g/mol. The molecule has 27 heavy (non-hydrogen) atoms. The molecule has 0 aliphatic carbocycles. The van der Waals surface area contributed by atoms with Crippen LogP contribution in [0.1, 0.15) is 29.1 Å². The second kappa shape index (κ2) is 8.08. The number of nitrogens with zero attached hydrogens (tertiary/aromatic N) is 4. The molecule has 4 rings (SSSR count). The van der Waals surface area contributed by atoms with Crippen molar-refractivity contribution in [2.75, 3.05) is 51.3 Å². The van der Waals surface area contributed by atoms with Gasteiger partial charge >= 0.3 is 0 Å². The van der Waals surface area contributed by atoms with E-state index in [1.807, 2.05) is 4.90 Å². The number of ether oxygens (including phenoxy) is 1. The smallest absolute Gasteiger partial charge is 0.241 e. The highest BCUT2D eigenvalue weighted by atomic mass is 32.1. The number of amides is 1. The van der Waals surface area contributed by atoms with Gasteiger partial charge in [-0.25, -0.2) is 9.97 Å². The van der Waals surface area contributed by atoms with E-state index in [2.05, 4.69) is 24.1 Å². The van der Waals surface area contributed by atoms with Gasteiger partial charge in [0.2, 0.25) is 5.91 Å². The lowest BCUT2D eigenvalue weighted by molar-refractivity contribution is -0.128. The van der Waals surface area contributed by atoms with Gasteiger partial charge in [-0.15, -0.1) is 11.3 Å². The number of carbonyl (C=O) groups excluding carboxylic acids is 1. The Morgan fingerprint density at radius 1 is 1.15 bits per heavy atom. The zero-order valence-corrected chi connectivity index (χ0v) is 16.9. The number of hydrogen-bond donors (Lipinski definition) is 1. The molecule has 0 spiro atoms. The van der Waals surface area contributed by atoms with E-state index in [1.165, 1.54) is 10.4 Å². The number of morpholine rings is 1. The van der Waals surface area contributed by atoms with E-state index in [4.69, 9.17) is 14.7 Å². The topological polar surface area (TPSA) is 70.6 Å². The first kappa shape index (κ1) is 18.6. The first-order valence-corrected chi connectivity index (χ1v) is 10.5. The molecule has 1 amide bonds. The molecule has 7 nitrogen and oxygen atoms in total. The molecule has 4 heterocycles. The Morgan fingerprint density at radius 2 is 1.89 bits per heavy atom. The predicted octanol–water partition coefficient (Wildman–Crippen LogP) is 2.17. The van der Waals surface area contributed by atoms with Crippen molar-refractivity contribution in [2.24, 2.45) is 0 Å². The van der Waals surface area contributed by atoms with Crippen LogP contribution in [0.15, 0.2) is 0 Å². The molecular formula is C19H27N5O2S. The van der Waals surface area contributed by atoms with Crippen LogP contribution in [-0.4, -0.2) is 71.6 Å². The largest absolute Gasteiger partial charge is 0.379 e. The number of likely N-dealkylation sites (tertiary alicyclic amines) is 1. The van der Waals surface area contributed by atoms with Gasteiger partial charge < -0.3 is 15.0 Å². The Labute approximate surface area is 163 Å². The van der Waals surface area contributed by atoms with Crippen molar-refractivity contribution >= 4 is 33.3 Å². The number of aryl methyl sites for hydroxylation is 2. The fourth-order valence-corrected chi connectivity index (χ4v) is 4.74. The number of aromatic nitrogens is 2. The third kappa shape index (κ3) is 4.07. The monoisotopic (exact) mass is 389 g/mol. The molecule has 0 atom stereocenters. The van der Waals surface area contributed by atoms with Crippen molar-refractivity contribution in [3.05, 3.63) is 16.3 Å². The molecule has 2 fully saturated rings. The van der Waals surface area contributed by atoms with Crippen molar-refractivity contribution < 1.29 is 9.53 Å². The van der Waals surface area contributed by atoms with E-state index in [0.717, 1.165) is 74.1 Å². The Kier molecular flexibility index (Phi) is 5.56. The Hall–Kier alpha value is -1.77. The number of carbonyl (C=O) groups is 1. The standard InChI is InChI=1S/C19H27N5O2S/c1-13-14(2)27-19-17(13)18(20-11-16(25)24-5-3-4-6-24)21-15(22-19)12-23-7-9-26-10-8-23/h3-12H2,1-2H3,(H,20,21,22). The van der Waals surface area contributed by atoms with Crippen LogP contribution in [0, 0.1) is 13.8 Å². The first-order valence-electron chi connectivity index (χ1n) is 9.70. The number of thiophene rings is 1. The number of rotatable bonds is 5. The minimum Gasteiger partial charge on any atom is -0.379 e. The molecule has 2 saturated heterocycles. The number of nitrogens with one attached hydrogen (secondary N) is 1. The summed E-state index contributed by atoms with van der Waals surface area (Å²) in [5.74, 6) is 1.75. The van der Waals surface area contributed by atoms with Crippen molar-refractivity contribution in [1.82, 2.24) is 19.8 Å². The summed E-state index contributed by atoms with van der Waals surface area (Å²) in [6, 6.07) is 0. The molecule has 0 radical (unpaired) electrons. The highest BCUT2D eigenvalue weighted by Gasteiger charge is 2.20. The maximum absolute atomic E-state index is 12.4. The van der Waals surface area contributed by atoms with Crippen LogP contribution in [0.4, 0.5) is 5.82 Å². The van der Waals surface area contributed by atoms with E-state index in [1.54, 1.807) is 11.3 Å². The molecule has 0 bridgehead atoms. The van der Waals surface area contributed by atoms with E-state index in [0.29, 0.717) is 6.54 Å². The molecule has 2 aromatic heterocycles. The van der Waals surface area contributed by atoms with Crippen molar-refractivity contribution in [3.8, 4) is 0 Å². The van der Waals surface area contributed by atoms with Crippen molar-refractivity contribution in [2.45, 2.75) is 33.2 Å². The maximum atomic E-state index is 12.4. The highest BCUT2D eigenvalue weighted by Crippen LogP contribution is 2.33. The number of hydrogen-bond acceptors (Lipinski definition) is 7. The Morgan fingerprint density at radius 3 is 2.63 bits per heavy atom. The Bertz CT molecular complexity index is 825. The quantitative estimate of drug-likeness (QED) is 0.845. The highest BCUT2D eigenvalue weighted by molar-refractivity contribution is 7.18. The lowest BCUT2D eigenvalue weighted by Crippen LogP contribution is -2.36. The molecule has 2 aliphatic heterocycles. The zero-order chi connectivity index (χ0) is 18.8. The molecule has 0 unspecified atom stereocenters. The normalized spacial score (nSPS) is 18.4.